The van der Waals surface area contributed by atoms with E-state index in [-0.39, 0.29) is 0 Å². The van der Waals surface area contributed by atoms with E-state index < -0.39 is 23.1 Å². The number of aliphatic hydroxyl groups excluding tert-OH is 1. The Morgan fingerprint density at radius 1 is 1.75 bits per heavy atom. The van der Waals surface area contributed by atoms with E-state index in [2.05, 4.69) is 0 Å². The fraction of sp³-hybridized carbons (Fsp3) is 1.00. The zero-order valence-electron chi connectivity index (χ0n) is 7.16. The minimum Gasteiger partial charge on any atom is -0.388 e. The monoisotopic (exact) mass is 190 g/mol. The first-order valence-corrected chi connectivity index (χ1v) is 4.15. The van der Waals surface area contributed by atoms with Crippen molar-refractivity contribution < 1.29 is 14.6 Å². The van der Waals surface area contributed by atoms with E-state index in [1.165, 1.54) is 7.11 Å². The Kier molecular flexibility index (Phi) is 3.04. The second kappa shape index (κ2) is 3.54. The summed E-state index contributed by atoms with van der Waals surface area (Å²) in [6.07, 6.45) is -1.21. The van der Waals surface area contributed by atoms with Crippen molar-refractivity contribution in [3.05, 3.63) is 0 Å². The Morgan fingerprint density at radius 2 is 2.33 bits per heavy atom. The Morgan fingerprint density at radius 3 is 2.67 bits per heavy atom. The van der Waals surface area contributed by atoms with Crippen molar-refractivity contribution in [3.63, 3.8) is 0 Å². The summed E-state index contributed by atoms with van der Waals surface area (Å²) in [6, 6.07) is -0.644. The number of alkyl halides is 1. The molecule has 1 aliphatic rings. The van der Waals surface area contributed by atoms with Crippen molar-refractivity contribution in [2.45, 2.75) is 30.0 Å². The summed E-state index contributed by atoms with van der Waals surface area (Å²) in [6.45, 7) is 1.96. The Balaban J connectivity index is 2.63. The van der Waals surface area contributed by atoms with Gasteiger partial charge in [-0.2, -0.15) is 0 Å². The third kappa shape index (κ3) is 1.62. The largest absolute Gasteiger partial charge is 0.388 e. The SMILES string of the molecule is [B][C@@H]1O[C@H](COC)[C@@H](O)[C@@]1(C)Cl. The van der Waals surface area contributed by atoms with E-state index in [0.29, 0.717) is 6.61 Å². The molecule has 0 aromatic heterocycles. The van der Waals surface area contributed by atoms with Gasteiger partial charge in [-0.1, -0.05) is 0 Å². The van der Waals surface area contributed by atoms with Crippen molar-refractivity contribution in [1.29, 1.82) is 0 Å². The number of ether oxygens (including phenoxy) is 2. The first-order chi connectivity index (χ1) is 5.50. The third-order valence-corrected chi connectivity index (χ3v) is 2.58. The van der Waals surface area contributed by atoms with E-state index in [4.69, 9.17) is 28.9 Å². The molecule has 0 aliphatic carbocycles. The second-order valence-electron chi connectivity index (χ2n) is 3.15. The Labute approximate surface area is 78.4 Å². The molecular formula is C7H12BClO3. The van der Waals surface area contributed by atoms with Crippen LogP contribution in [0.1, 0.15) is 6.92 Å². The minimum atomic E-state index is -0.913. The quantitative estimate of drug-likeness (QED) is 0.488. The molecule has 3 nitrogen and oxygen atoms in total. The number of hydrogen-bond acceptors (Lipinski definition) is 3. The average Bonchev–Trinajstić information content (AvgIpc) is 2.17. The number of aliphatic hydroxyl groups is 1. The smallest absolute Gasteiger partial charge is 0.111 e. The van der Waals surface area contributed by atoms with Crippen molar-refractivity contribution in [2.75, 3.05) is 13.7 Å². The molecule has 1 heterocycles. The number of rotatable bonds is 2. The van der Waals surface area contributed by atoms with Gasteiger partial charge in [-0.25, -0.2) is 0 Å². The molecule has 1 aliphatic heterocycles. The van der Waals surface area contributed by atoms with Crippen LogP contribution in [0.5, 0.6) is 0 Å². The standard InChI is InChI=1S/C7H12BClO3/c1-7(9)5(10)4(3-11-2)12-6(7)8/h4-6,10H,3H2,1-2H3/t4-,5-,6-,7-/m1/s1. The van der Waals surface area contributed by atoms with Crippen LogP contribution < -0.4 is 0 Å². The van der Waals surface area contributed by atoms with Gasteiger partial charge in [0, 0.05) is 13.1 Å². The van der Waals surface area contributed by atoms with Gasteiger partial charge in [0.1, 0.15) is 20.1 Å². The van der Waals surface area contributed by atoms with Gasteiger partial charge >= 0.3 is 0 Å². The molecule has 0 amide bonds. The maximum atomic E-state index is 9.60. The van der Waals surface area contributed by atoms with Crippen molar-refractivity contribution in [1.82, 2.24) is 0 Å². The van der Waals surface area contributed by atoms with Gasteiger partial charge in [-0.15, -0.1) is 11.6 Å². The van der Waals surface area contributed by atoms with Crippen LogP contribution in [-0.4, -0.2) is 49.8 Å². The summed E-state index contributed by atoms with van der Waals surface area (Å²) in [5, 5.41) is 9.60. The van der Waals surface area contributed by atoms with Gasteiger partial charge in [0.2, 0.25) is 0 Å². The Bertz CT molecular complexity index is 165. The lowest BCUT2D eigenvalue weighted by molar-refractivity contribution is -0.0178. The highest BCUT2D eigenvalue weighted by atomic mass is 35.5. The lowest BCUT2D eigenvalue weighted by Gasteiger charge is -2.23. The first-order valence-electron chi connectivity index (χ1n) is 3.77. The molecule has 0 aromatic carbocycles. The van der Waals surface area contributed by atoms with Gasteiger partial charge in [0.05, 0.1) is 11.5 Å². The minimum absolute atomic E-state index is 0.303. The first kappa shape index (κ1) is 10.3. The second-order valence-corrected chi connectivity index (χ2v) is 3.96. The van der Waals surface area contributed by atoms with Crippen molar-refractivity contribution in [3.8, 4) is 0 Å². The molecule has 1 fully saturated rings. The molecule has 68 valence electrons. The molecule has 0 spiro atoms. The molecule has 2 radical (unpaired) electrons. The van der Waals surface area contributed by atoms with E-state index in [1.807, 2.05) is 0 Å². The molecule has 1 N–H and O–H groups in total. The topological polar surface area (TPSA) is 38.7 Å². The zero-order valence-corrected chi connectivity index (χ0v) is 7.91. The van der Waals surface area contributed by atoms with Crippen LogP contribution in [0, 0.1) is 0 Å². The lowest BCUT2D eigenvalue weighted by atomic mass is 9.85. The summed E-state index contributed by atoms with van der Waals surface area (Å²) in [4.78, 5) is -0.913. The van der Waals surface area contributed by atoms with Crippen LogP contribution in [0.3, 0.4) is 0 Å². The highest BCUT2D eigenvalue weighted by Crippen LogP contribution is 2.34. The van der Waals surface area contributed by atoms with Crippen molar-refractivity contribution in [2.24, 2.45) is 0 Å². The van der Waals surface area contributed by atoms with Gasteiger partial charge in [-0.05, 0) is 6.92 Å². The molecule has 0 unspecified atom stereocenters. The van der Waals surface area contributed by atoms with Crippen LogP contribution in [-0.2, 0) is 9.47 Å². The summed E-state index contributed by atoms with van der Waals surface area (Å²) < 4.78 is 10.0. The highest BCUT2D eigenvalue weighted by Gasteiger charge is 2.49. The zero-order chi connectivity index (χ0) is 9.35. The molecule has 1 saturated heterocycles. The van der Waals surface area contributed by atoms with E-state index in [9.17, 15) is 5.11 Å². The van der Waals surface area contributed by atoms with Crippen LogP contribution >= 0.6 is 11.6 Å². The van der Waals surface area contributed by atoms with Gasteiger partial charge in [-0.3, -0.25) is 0 Å². The Hall–Kier alpha value is 0.235. The van der Waals surface area contributed by atoms with Crippen LogP contribution in [0.2, 0.25) is 0 Å². The normalized spacial score (nSPS) is 48.2. The summed E-state index contributed by atoms with van der Waals surface area (Å²) in [7, 11) is 7.09. The van der Waals surface area contributed by atoms with Gasteiger partial charge in [0.25, 0.3) is 0 Å². The predicted octanol–water partition coefficient (Wildman–Crippen LogP) is -0.115. The molecule has 0 bridgehead atoms. The van der Waals surface area contributed by atoms with Gasteiger partial charge in [0.15, 0.2) is 0 Å². The maximum Gasteiger partial charge on any atom is 0.111 e. The van der Waals surface area contributed by atoms with Crippen LogP contribution in [0.15, 0.2) is 0 Å². The molecule has 0 aromatic rings. The van der Waals surface area contributed by atoms with E-state index >= 15 is 0 Å². The maximum absolute atomic E-state index is 9.60. The van der Waals surface area contributed by atoms with Crippen LogP contribution in [0.4, 0.5) is 0 Å². The number of methoxy groups -OCH3 is 1. The molecule has 4 atom stereocenters. The highest BCUT2D eigenvalue weighted by molar-refractivity contribution is 6.30. The number of hydrogen-bond donors (Lipinski definition) is 1. The summed E-state index contributed by atoms with van der Waals surface area (Å²) >= 11 is 5.94. The number of halogens is 1. The molecular weight excluding hydrogens is 178 g/mol. The fourth-order valence-electron chi connectivity index (χ4n) is 1.22. The average molecular weight is 190 g/mol. The third-order valence-electron chi connectivity index (χ3n) is 2.14. The summed E-state index contributed by atoms with van der Waals surface area (Å²) in [5.41, 5.74) is 0. The molecule has 5 heteroatoms. The van der Waals surface area contributed by atoms with E-state index in [1.54, 1.807) is 6.92 Å². The summed E-state index contributed by atoms with van der Waals surface area (Å²) in [5.74, 6) is 0. The van der Waals surface area contributed by atoms with Crippen LogP contribution in [0.25, 0.3) is 0 Å². The van der Waals surface area contributed by atoms with Gasteiger partial charge < -0.3 is 14.6 Å². The molecule has 1 rings (SSSR count). The molecule has 12 heavy (non-hydrogen) atoms. The van der Waals surface area contributed by atoms with E-state index in [0.717, 1.165) is 0 Å². The molecule has 0 saturated carbocycles. The van der Waals surface area contributed by atoms with Crippen molar-refractivity contribution >= 4 is 19.4 Å². The fourth-order valence-corrected chi connectivity index (χ4v) is 1.41. The lowest BCUT2D eigenvalue weighted by Crippen LogP contribution is -2.41. The predicted molar refractivity (Wildman–Crippen MR) is 46.6 cm³/mol.